The predicted molar refractivity (Wildman–Crippen MR) is 80.8 cm³/mol. The van der Waals surface area contributed by atoms with Crippen molar-refractivity contribution in [3.63, 3.8) is 0 Å². The molecule has 2 rings (SSSR count). The van der Waals surface area contributed by atoms with E-state index in [0.717, 1.165) is 31.4 Å². The molecule has 0 heterocycles. The summed E-state index contributed by atoms with van der Waals surface area (Å²) in [5.74, 6) is 1.40. The largest absolute Gasteiger partial charge is 0.497 e. The Labute approximate surface area is 125 Å². The molecule has 1 aliphatic rings. The van der Waals surface area contributed by atoms with Crippen molar-refractivity contribution in [2.75, 3.05) is 20.3 Å². The van der Waals surface area contributed by atoms with Crippen molar-refractivity contribution >= 4 is 0 Å². The third kappa shape index (κ3) is 5.19. The van der Waals surface area contributed by atoms with Gasteiger partial charge >= 0.3 is 0 Å². The van der Waals surface area contributed by atoms with Crippen molar-refractivity contribution in [1.29, 1.82) is 0 Å². The number of benzene rings is 1. The van der Waals surface area contributed by atoms with E-state index in [9.17, 15) is 10.2 Å². The van der Waals surface area contributed by atoms with Crippen LogP contribution in [0.1, 0.15) is 25.7 Å². The first-order chi connectivity index (χ1) is 10.2. The third-order valence-corrected chi connectivity index (χ3v) is 3.83. The first-order valence-electron chi connectivity index (χ1n) is 7.55. The van der Waals surface area contributed by atoms with Crippen molar-refractivity contribution in [1.82, 2.24) is 5.32 Å². The summed E-state index contributed by atoms with van der Waals surface area (Å²) in [7, 11) is 1.60. The molecular formula is C16H25NO4. The highest BCUT2D eigenvalue weighted by Gasteiger charge is 2.23. The highest BCUT2D eigenvalue weighted by molar-refractivity contribution is 5.32. The lowest BCUT2D eigenvalue weighted by molar-refractivity contribution is 0.0672. The van der Waals surface area contributed by atoms with Gasteiger partial charge in [-0.1, -0.05) is 18.9 Å². The maximum atomic E-state index is 9.95. The van der Waals surface area contributed by atoms with Crippen LogP contribution >= 0.6 is 0 Å². The van der Waals surface area contributed by atoms with Crippen molar-refractivity contribution < 1.29 is 19.7 Å². The standard InChI is InChI=1S/C16H25NO4/c1-20-13-5-4-6-14(9-13)21-11-12(18)10-17-15-7-2-3-8-16(15)19/h4-6,9,12,15-19H,2-3,7-8,10-11H2,1H3. The van der Waals surface area contributed by atoms with E-state index in [-0.39, 0.29) is 18.8 Å². The molecule has 0 bridgehead atoms. The van der Waals surface area contributed by atoms with Crippen LogP contribution < -0.4 is 14.8 Å². The zero-order chi connectivity index (χ0) is 15.1. The fourth-order valence-electron chi connectivity index (χ4n) is 2.58. The molecule has 3 unspecified atom stereocenters. The molecule has 1 fully saturated rings. The number of aliphatic hydroxyl groups excluding tert-OH is 2. The zero-order valence-corrected chi connectivity index (χ0v) is 12.5. The maximum absolute atomic E-state index is 9.95. The van der Waals surface area contributed by atoms with E-state index in [1.54, 1.807) is 13.2 Å². The Morgan fingerprint density at radius 2 is 2.05 bits per heavy atom. The normalized spacial score (nSPS) is 23.6. The number of methoxy groups -OCH3 is 1. The van der Waals surface area contributed by atoms with Gasteiger partial charge in [0.15, 0.2) is 0 Å². The van der Waals surface area contributed by atoms with Crippen LogP contribution in [0.15, 0.2) is 24.3 Å². The van der Waals surface area contributed by atoms with E-state index in [4.69, 9.17) is 9.47 Å². The van der Waals surface area contributed by atoms with Gasteiger partial charge in [-0.05, 0) is 25.0 Å². The second kappa shape index (κ2) is 8.22. The number of ether oxygens (including phenoxy) is 2. The second-order valence-electron chi connectivity index (χ2n) is 5.51. The van der Waals surface area contributed by atoms with Crippen LogP contribution in [0.5, 0.6) is 11.5 Å². The lowest BCUT2D eigenvalue weighted by atomic mass is 9.92. The van der Waals surface area contributed by atoms with E-state index >= 15 is 0 Å². The van der Waals surface area contributed by atoms with Crippen LogP contribution in [0.4, 0.5) is 0 Å². The molecule has 1 aromatic rings. The van der Waals surface area contributed by atoms with Crippen LogP contribution in [0.25, 0.3) is 0 Å². The maximum Gasteiger partial charge on any atom is 0.123 e. The molecule has 0 radical (unpaired) electrons. The topological polar surface area (TPSA) is 71.0 Å². The number of hydrogen-bond donors (Lipinski definition) is 3. The highest BCUT2D eigenvalue weighted by atomic mass is 16.5. The lowest BCUT2D eigenvalue weighted by Gasteiger charge is -2.29. The number of aliphatic hydroxyl groups is 2. The van der Waals surface area contributed by atoms with E-state index in [1.807, 2.05) is 18.2 Å². The highest BCUT2D eigenvalue weighted by Crippen LogP contribution is 2.19. The number of rotatable bonds is 7. The molecule has 1 saturated carbocycles. The summed E-state index contributed by atoms with van der Waals surface area (Å²) >= 11 is 0. The summed E-state index contributed by atoms with van der Waals surface area (Å²) < 4.78 is 10.7. The van der Waals surface area contributed by atoms with Crippen molar-refractivity contribution in [2.45, 2.75) is 43.9 Å². The van der Waals surface area contributed by atoms with Crippen molar-refractivity contribution in [3.8, 4) is 11.5 Å². The van der Waals surface area contributed by atoms with Gasteiger partial charge in [0.25, 0.3) is 0 Å². The predicted octanol–water partition coefficient (Wildman–Crippen LogP) is 1.33. The summed E-state index contributed by atoms with van der Waals surface area (Å²) in [5, 5.41) is 23.0. The second-order valence-corrected chi connectivity index (χ2v) is 5.51. The van der Waals surface area contributed by atoms with Crippen LogP contribution in [0.2, 0.25) is 0 Å². The SMILES string of the molecule is COc1cccc(OCC(O)CNC2CCCCC2O)c1. The molecule has 0 aliphatic heterocycles. The molecule has 5 nitrogen and oxygen atoms in total. The van der Waals surface area contributed by atoms with Gasteiger partial charge in [0.1, 0.15) is 24.2 Å². The molecule has 0 amide bonds. The molecule has 0 saturated heterocycles. The Bertz CT molecular complexity index is 426. The zero-order valence-electron chi connectivity index (χ0n) is 12.5. The molecule has 5 heteroatoms. The van der Waals surface area contributed by atoms with E-state index in [2.05, 4.69) is 5.32 Å². The molecular weight excluding hydrogens is 270 g/mol. The molecule has 118 valence electrons. The van der Waals surface area contributed by atoms with Gasteiger partial charge in [0.2, 0.25) is 0 Å². The molecule has 3 atom stereocenters. The molecule has 3 N–H and O–H groups in total. The lowest BCUT2D eigenvalue weighted by Crippen LogP contribution is -2.45. The van der Waals surface area contributed by atoms with Crippen molar-refractivity contribution in [2.24, 2.45) is 0 Å². The van der Waals surface area contributed by atoms with E-state index < -0.39 is 6.10 Å². The third-order valence-electron chi connectivity index (χ3n) is 3.83. The Kier molecular flexibility index (Phi) is 6.29. The Balaban J connectivity index is 1.70. The van der Waals surface area contributed by atoms with Crippen LogP contribution in [0, 0.1) is 0 Å². The fourth-order valence-corrected chi connectivity index (χ4v) is 2.58. The molecule has 1 aliphatic carbocycles. The summed E-state index contributed by atoms with van der Waals surface area (Å²) in [6.45, 7) is 0.634. The minimum absolute atomic E-state index is 0.0882. The van der Waals surface area contributed by atoms with E-state index in [1.165, 1.54) is 0 Å². The van der Waals surface area contributed by atoms with Gasteiger partial charge in [-0.15, -0.1) is 0 Å². The number of nitrogens with one attached hydrogen (secondary N) is 1. The summed E-state index contributed by atoms with van der Waals surface area (Å²) in [5.41, 5.74) is 0. The fraction of sp³-hybridized carbons (Fsp3) is 0.625. The molecule has 1 aromatic carbocycles. The van der Waals surface area contributed by atoms with Gasteiger partial charge in [-0.2, -0.15) is 0 Å². The summed E-state index contributed by atoms with van der Waals surface area (Å²) in [4.78, 5) is 0. The van der Waals surface area contributed by atoms with Gasteiger partial charge in [-0.3, -0.25) is 0 Å². The van der Waals surface area contributed by atoms with Gasteiger partial charge < -0.3 is 25.0 Å². The first-order valence-corrected chi connectivity index (χ1v) is 7.55. The van der Waals surface area contributed by atoms with Gasteiger partial charge in [0.05, 0.1) is 13.2 Å². The van der Waals surface area contributed by atoms with E-state index in [0.29, 0.717) is 12.3 Å². The summed E-state index contributed by atoms with van der Waals surface area (Å²) in [6, 6.07) is 7.38. The minimum Gasteiger partial charge on any atom is -0.497 e. The minimum atomic E-state index is -0.606. The first kappa shape index (κ1) is 16.1. The van der Waals surface area contributed by atoms with Crippen molar-refractivity contribution in [3.05, 3.63) is 24.3 Å². The molecule has 21 heavy (non-hydrogen) atoms. The average Bonchev–Trinajstić information content (AvgIpc) is 2.52. The summed E-state index contributed by atoms with van der Waals surface area (Å²) in [6.07, 6.45) is 3.11. The Hall–Kier alpha value is -1.30. The molecule has 0 aromatic heterocycles. The Morgan fingerprint density at radius 3 is 2.81 bits per heavy atom. The molecule has 0 spiro atoms. The van der Waals surface area contributed by atoms with Crippen LogP contribution in [-0.4, -0.2) is 48.7 Å². The monoisotopic (exact) mass is 295 g/mol. The number of hydrogen-bond acceptors (Lipinski definition) is 5. The quantitative estimate of drug-likeness (QED) is 0.708. The van der Waals surface area contributed by atoms with Crippen LogP contribution in [0.3, 0.4) is 0 Å². The van der Waals surface area contributed by atoms with Gasteiger partial charge in [-0.25, -0.2) is 0 Å². The Morgan fingerprint density at radius 1 is 1.29 bits per heavy atom. The van der Waals surface area contributed by atoms with Gasteiger partial charge in [0, 0.05) is 18.7 Å². The van der Waals surface area contributed by atoms with Crippen LogP contribution in [-0.2, 0) is 0 Å². The smallest absolute Gasteiger partial charge is 0.123 e. The average molecular weight is 295 g/mol.